The van der Waals surface area contributed by atoms with E-state index in [0.29, 0.717) is 34.1 Å². The molecule has 0 radical (unpaired) electrons. The number of phenolic OH excluding ortho intramolecular Hbond substituents is 1. The van der Waals surface area contributed by atoms with E-state index in [1.807, 2.05) is 10.6 Å². The number of nitrogens with two attached hydrogens (primary N) is 1. The van der Waals surface area contributed by atoms with Gasteiger partial charge in [-0.3, -0.25) is 76.7 Å². The van der Waals surface area contributed by atoms with Crippen LogP contribution in [0.5, 0.6) is 5.75 Å². The highest BCUT2D eigenvalue weighted by Crippen LogP contribution is 2.27. The number of H-pyrrole nitrogens is 2. The number of ketones is 3. The lowest BCUT2D eigenvalue weighted by molar-refractivity contribution is -0.150. The quantitative estimate of drug-likeness (QED) is 0.0175. The largest absolute Gasteiger partial charge is 0.508 e. The fourth-order valence-electron chi connectivity index (χ4n) is 12.4. The number of fused-ring (bicyclic) bond motifs is 2. The number of primary amides is 1. The normalized spacial score (nSPS) is 21.6. The zero-order chi connectivity index (χ0) is 83.2. The molecule has 6 rings (SSSR count). The summed E-state index contributed by atoms with van der Waals surface area (Å²) in [6.07, 6.45) is 0.278. The first-order chi connectivity index (χ1) is 53.6. The lowest BCUT2D eigenvalue weighted by Gasteiger charge is -2.29. The van der Waals surface area contributed by atoms with E-state index in [2.05, 4.69) is 55.7 Å². The fraction of sp³-hybridized carbons (Fsp3) is 0.442. The molecule has 19 N–H and O–H groups in total. The number of esters is 1. The molecular weight excluding hydrogens is 1480 g/mol. The Morgan fingerprint density at radius 1 is 0.628 bits per heavy atom. The van der Waals surface area contributed by atoms with Crippen LogP contribution in [0.15, 0.2) is 103 Å². The number of amides is 9. The molecule has 0 aliphatic carbocycles. The van der Waals surface area contributed by atoms with E-state index in [4.69, 9.17) is 10.5 Å². The van der Waals surface area contributed by atoms with Gasteiger partial charge in [0.2, 0.25) is 53.2 Å². The van der Waals surface area contributed by atoms with Gasteiger partial charge in [-0.15, -0.1) is 0 Å². The summed E-state index contributed by atoms with van der Waals surface area (Å²) in [6.45, 7) is 3.05. The monoisotopic (exact) mass is 1570 g/mol. The van der Waals surface area contributed by atoms with Crippen molar-refractivity contribution in [3.05, 3.63) is 120 Å². The number of carbonyl (C=O) groups is 17. The highest BCUT2D eigenvalue weighted by Gasteiger charge is 2.41. The van der Waals surface area contributed by atoms with Crippen LogP contribution in [0.3, 0.4) is 0 Å². The van der Waals surface area contributed by atoms with E-state index in [0.717, 1.165) is 82.2 Å². The van der Waals surface area contributed by atoms with E-state index in [-0.39, 0.29) is 16.7 Å². The van der Waals surface area contributed by atoms with Crippen LogP contribution in [0.2, 0.25) is 0 Å². The first kappa shape index (κ1) is 89.4. The van der Waals surface area contributed by atoms with Gasteiger partial charge in [0.15, 0.2) is 23.5 Å². The van der Waals surface area contributed by atoms with Gasteiger partial charge in [0.05, 0.1) is 56.3 Å². The lowest BCUT2D eigenvalue weighted by atomic mass is 9.92. The molecule has 0 unspecified atom stereocenters. The third kappa shape index (κ3) is 28.4. The number of hydrogen-bond donors (Lipinski definition) is 18. The molecule has 36 nitrogen and oxygen atoms in total. The first-order valence-corrected chi connectivity index (χ1v) is 36.5. The molecule has 608 valence electrons. The summed E-state index contributed by atoms with van der Waals surface area (Å²) >= 11 is 0. The zero-order valence-corrected chi connectivity index (χ0v) is 62.2. The lowest BCUT2D eigenvalue weighted by Crippen LogP contribution is -2.60. The number of Topliss-reactive ketones (excluding diaryl/α,β-unsaturated/α-hetero) is 2. The Kier molecular flexibility index (Phi) is 34.7. The predicted molar refractivity (Wildman–Crippen MR) is 400 cm³/mol. The number of cyclic esters (lactones) is 1. The Bertz CT molecular complexity index is 4370. The molecule has 1 saturated heterocycles. The Labute approximate surface area is 646 Å². The molecule has 36 heteroatoms. The Morgan fingerprint density at radius 2 is 1.22 bits per heavy atom. The molecule has 9 amide bonds. The number of benzene rings is 3. The van der Waals surface area contributed by atoms with Crippen molar-refractivity contribution in [3.8, 4) is 5.75 Å². The molecule has 1 aliphatic heterocycles. The number of hydrogen-bond acceptors (Lipinski definition) is 21. The maximum atomic E-state index is 15.4. The molecule has 11 atom stereocenters. The Balaban J connectivity index is 1.51. The number of carboxylic acid groups (broad SMARTS) is 4. The number of carbonyl (C=O) groups excluding carboxylic acids is 13. The Hall–Kier alpha value is -12.5. The first-order valence-electron chi connectivity index (χ1n) is 36.5. The van der Waals surface area contributed by atoms with Crippen LogP contribution in [0.25, 0.3) is 27.9 Å². The van der Waals surface area contributed by atoms with Gasteiger partial charge in [0, 0.05) is 77.4 Å². The topological polar surface area (TPSA) is 595 Å². The number of ether oxygens (including phenoxy) is 1. The van der Waals surface area contributed by atoms with Crippen molar-refractivity contribution >= 4 is 128 Å². The third-order valence-electron chi connectivity index (χ3n) is 18.5. The van der Waals surface area contributed by atoms with Gasteiger partial charge in [-0.25, -0.2) is 4.79 Å². The second-order valence-corrected chi connectivity index (χ2v) is 27.8. The zero-order valence-electron chi connectivity index (χ0n) is 62.2. The van der Waals surface area contributed by atoms with E-state index in [9.17, 15) is 103 Å². The number of aliphatic hydroxyl groups is 2. The number of nitrogens with one attached hydrogen (secondary N) is 10. The van der Waals surface area contributed by atoms with Crippen LogP contribution in [0.4, 0.5) is 0 Å². The maximum Gasteiger partial charge on any atom is 0.334 e. The Morgan fingerprint density at radius 3 is 1.86 bits per heavy atom. The van der Waals surface area contributed by atoms with Gasteiger partial charge < -0.3 is 98.7 Å². The number of aromatic hydroxyl groups is 1. The second-order valence-electron chi connectivity index (χ2n) is 27.8. The summed E-state index contributed by atoms with van der Waals surface area (Å²) in [5.74, 6) is -28.3. The summed E-state index contributed by atoms with van der Waals surface area (Å²) in [5.41, 5.74) is 5.85. The second kappa shape index (κ2) is 43.8. The standard InChI is InChI=1S/C77H95N11O25/c1-40(2)16-10-8-6-4-5-7-9-11-17-49(91)29-47(39-89)71(106)87-65-41(3)113-77(112)44(28-45-36-79-52-20-14-12-18-50(45)52)32-58(92)54(26-27-61(95)96)82-76(111)67(68(103)69(78)104)86-60(94)38-81-72(107)57(35-64(101)102)85-75(110)66(42-22-24-48(90)25-23-42)88-70(105)43(33-62(97)98)31-59(93)55(34-63(99)100)83-73(108)56(84-74(65)109)30-46-37-80-53-21-15-13-19-51(46)53/h11-15,17-25,28,36-37,40-41,43,47,54-57,65-68,79-80,89-90,103H,4-10,16,26-27,29-35,38-39H2,1-3H3,(H2,78,104)(H,81,107)(H,82,111)(H,83,108)(H,84,109)(H,85,110)(H,86,94)(H,87,106)(H,88,105)(H,95,96)(H,97,98)(H,99,100)(H,101,102)/b17-11+,44-28+/t41-,43+,47+,54-,55+,56-,57+,65+,66-,67-,68+/m1/s1. The molecule has 3 heterocycles. The highest BCUT2D eigenvalue weighted by atomic mass is 16.5. The van der Waals surface area contributed by atoms with Crippen LogP contribution in [-0.4, -0.2) is 208 Å². The predicted octanol–water partition coefficient (Wildman–Crippen LogP) is 1.38. The fourth-order valence-corrected chi connectivity index (χ4v) is 12.4. The molecule has 0 bridgehead atoms. The number of aliphatic carboxylic acids is 4. The number of aliphatic hydroxyl groups excluding tert-OH is 2. The van der Waals surface area contributed by atoms with Crippen molar-refractivity contribution < 1.29 is 122 Å². The number of para-hydroxylation sites is 2. The van der Waals surface area contributed by atoms with Crippen LogP contribution >= 0.6 is 0 Å². The highest BCUT2D eigenvalue weighted by molar-refractivity contribution is 6.06. The van der Waals surface area contributed by atoms with E-state index < -0.39 is 249 Å². The number of aromatic amines is 2. The van der Waals surface area contributed by atoms with Gasteiger partial charge in [0.1, 0.15) is 42.1 Å². The van der Waals surface area contributed by atoms with Gasteiger partial charge in [0.25, 0.3) is 0 Å². The van der Waals surface area contributed by atoms with Crippen molar-refractivity contribution in [3.63, 3.8) is 0 Å². The van der Waals surface area contributed by atoms with E-state index >= 15 is 14.4 Å². The number of carboxylic acids is 4. The minimum absolute atomic E-state index is 0.173. The van der Waals surface area contributed by atoms with Crippen molar-refractivity contribution in [2.75, 3.05) is 13.2 Å². The molecule has 5 aromatic rings. The summed E-state index contributed by atoms with van der Waals surface area (Å²) in [7, 11) is 0. The van der Waals surface area contributed by atoms with E-state index in [1.165, 1.54) is 18.5 Å². The number of aromatic nitrogens is 2. The van der Waals surface area contributed by atoms with Crippen molar-refractivity contribution in [2.45, 2.75) is 184 Å². The number of phenols is 1. The summed E-state index contributed by atoms with van der Waals surface area (Å²) < 4.78 is 5.96. The minimum Gasteiger partial charge on any atom is -0.508 e. The van der Waals surface area contributed by atoms with Crippen LogP contribution < -0.4 is 48.3 Å². The van der Waals surface area contributed by atoms with Crippen molar-refractivity contribution in [2.24, 2.45) is 23.5 Å². The van der Waals surface area contributed by atoms with Crippen molar-refractivity contribution in [1.82, 2.24) is 52.5 Å². The average molecular weight is 1570 g/mol. The molecule has 2 aromatic heterocycles. The van der Waals surface area contributed by atoms with Crippen LogP contribution in [0.1, 0.15) is 146 Å². The molecular formula is C77H95N11O25. The molecule has 0 spiro atoms. The van der Waals surface area contributed by atoms with Gasteiger partial charge in [-0.1, -0.05) is 107 Å². The summed E-state index contributed by atoms with van der Waals surface area (Å²) in [6, 6.07) is 1.70. The van der Waals surface area contributed by atoms with Gasteiger partial charge >= 0.3 is 29.8 Å². The molecule has 3 aromatic carbocycles. The van der Waals surface area contributed by atoms with Crippen molar-refractivity contribution in [1.29, 1.82) is 0 Å². The smallest absolute Gasteiger partial charge is 0.334 e. The summed E-state index contributed by atoms with van der Waals surface area (Å²) in [5, 5.41) is 90.5. The summed E-state index contributed by atoms with van der Waals surface area (Å²) in [4.78, 5) is 242. The number of rotatable bonds is 30. The number of unbranched alkanes of at least 4 members (excludes halogenated alkanes) is 6. The average Bonchev–Trinajstić information content (AvgIpc) is 1.76. The SMILES string of the molecule is CC(C)CCCCCCCC/C=C/C(=O)C[C@@H](CO)C(=O)N[C@@H]1C(=O)N[C@H](Cc2c[nH]c3ccccc23)C(=O)N[C@@H](CC(=O)O)C(=O)C[C@@H](CC(=O)O)C(=O)N[C@H](c2ccc(O)cc2)C(=O)N[C@@H](CC(=O)O)C(=O)NCC(=O)N[C@H]([C@H](O)C(N)=O)C(=O)N[C@H](CCC(=O)O)C(=O)C/C(=C\c2c[nH]c3ccccc23)C(=O)O[C@@H]1C. The number of allylic oxidation sites excluding steroid dienone is 2. The van der Waals surface area contributed by atoms with Gasteiger partial charge in [-0.2, -0.15) is 0 Å². The third-order valence-corrected chi connectivity index (χ3v) is 18.5. The van der Waals surface area contributed by atoms with E-state index in [1.54, 1.807) is 54.6 Å². The van der Waals surface area contributed by atoms with Crippen LogP contribution in [-0.2, 0) is 92.7 Å². The molecule has 113 heavy (non-hydrogen) atoms. The molecule has 1 fully saturated rings. The molecule has 0 saturated carbocycles. The minimum atomic E-state index is -2.70. The molecule has 1 aliphatic rings. The van der Waals surface area contributed by atoms with Crippen LogP contribution in [0, 0.1) is 17.8 Å². The maximum absolute atomic E-state index is 15.4. The van der Waals surface area contributed by atoms with Gasteiger partial charge in [-0.05, 0) is 79.6 Å².